The van der Waals surface area contributed by atoms with E-state index in [-0.39, 0.29) is 29.3 Å². The molecule has 0 radical (unpaired) electrons. The Morgan fingerprint density at radius 3 is 2.49 bits per heavy atom. The number of amides is 3. The molecule has 0 spiro atoms. The van der Waals surface area contributed by atoms with E-state index in [9.17, 15) is 18.8 Å². The Morgan fingerprint density at radius 1 is 0.943 bits per heavy atom. The second-order valence-corrected chi connectivity index (χ2v) is 9.29. The smallest absolute Gasteiger partial charge is 0.318 e. The third kappa shape index (κ3) is 5.11. The lowest BCUT2D eigenvalue weighted by Crippen LogP contribution is -2.55. The Labute approximate surface area is 202 Å². The molecular formula is C27H27FN4O3. The first-order chi connectivity index (χ1) is 17.0. The van der Waals surface area contributed by atoms with Crippen LogP contribution in [0.25, 0.3) is 0 Å². The molecule has 0 aliphatic carbocycles. The van der Waals surface area contributed by atoms with Gasteiger partial charge in [-0.2, -0.15) is 0 Å². The van der Waals surface area contributed by atoms with Crippen LogP contribution in [0.3, 0.4) is 0 Å². The summed E-state index contributed by atoms with van der Waals surface area (Å²) in [6, 6.07) is 19.2. The van der Waals surface area contributed by atoms with Crippen LogP contribution in [0.5, 0.6) is 0 Å². The summed E-state index contributed by atoms with van der Waals surface area (Å²) < 4.78 is 15.1. The molecular weight excluding hydrogens is 447 g/mol. The van der Waals surface area contributed by atoms with Crippen LogP contribution in [-0.4, -0.2) is 40.5 Å². The number of piperidine rings is 1. The van der Waals surface area contributed by atoms with Gasteiger partial charge in [0.2, 0.25) is 5.91 Å². The molecule has 3 amide bonds. The van der Waals surface area contributed by atoms with Crippen LogP contribution in [0.2, 0.25) is 0 Å². The average Bonchev–Trinajstić information content (AvgIpc) is 2.86. The van der Waals surface area contributed by atoms with Gasteiger partial charge in [0, 0.05) is 49.4 Å². The van der Waals surface area contributed by atoms with Crippen LogP contribution in [0.1, 0.15) is 23.6 Å². The second-order valence-electron chi connectivity index (χ2n) is 9.29. The van der Waals surface area contributed by atoms with Gasteiger partial charge in [-0.05, 0) is 48.2 Å². The third-order valence-electron chi connectivity index (χ3n) is 6.78. The number of nitrogens with one attached hydrogen (secondary N) is 2. The number of hydrogen-bond acceptors (Lipinski definition) is 3. The number of hydrogen-bond donors (Lipinski definition) is 2. The fourth-order valence-electron chi connectivity index (χ4n) is 5.12. The molecule has 2 bridgehead atoms. The lowest BCUT2D eigenvalue weighted by molar-refractivity contribution is -0.118. The minimum absolute atomic E-state index is 0.00418. The van der Waals surface area contributed by atoms with Crippen LogP contribution in [0.15, 0.2) is 77.6 Å². The Kier molecular flexibility index (Phi) is 6.35. The topological polar surface area (TPSA) is 83.4 Å². The van der Waals surface area contributed by atoms with Gasteiger partial charge in [0.15, 0.2) is 0 Å². The number of nitrogens with zero attached hydrogens (tertiary/aromatic N) is 2. The van der Waals surface area contributed by atoms with Crippen molar-refractivity contribution in [3.8, 4) is 0 Å². The summed E-state index contributed by atoms with van der Waals surface area (Å²) in [5, 5.41) is 5.70. The van der Waals surface area contributed by atoms with Crippen molar-refractivity contribution in [3.63, 3.8) is 0 Å². The van der Waals surface area contributed by atoms with Crippen molar-refractivity contribution in [2.45, 2.75) is 31.3 Å². The molecule has 3 atom stereocenters. The Bertz CT molecular complexity index is 1280. The van der Waals surface area contributed by atoms with Gasteiger partial charge in [-0.1, -0.05) is 36.4 Å². The van der Waals surface area contributed by atoms with Gasteiger partial charge in [0.1, 0.15) is 11.9 Å². The van der Waals surface area contributed by atoms with E-state index in [2.05, 4.69) is 10.6 Å². The zero-order valence-electron chi connectivity index (χ0n) is 19.2. The number of carbonyl (C=O) groups excluding carboxylic acids is 2. The van der Waals surface area contributed by atoms with E-state index in [1.54, 1.807) is 17.0 Å². The Balaban J connectivity index is 1.32. The Hall–Kier alpha value is -3.94. The molecule has 1 aromatic heterocycles. The quantitative estimate of drug-likeness (QED) is 0.595. The van der Waals surface area contributed by atoms with Crippen molar-refractivity contribution >= 4 is 17.6 Å². The zero-order chi connectivity index (χ0) is 24.4. The van der Waals surface area contributed by atoms with Crippen LogP contribution in [-0.2, 0) is 17.8 Å². The fraction of sp³-hybridized carbons (Fsp3) is 0.296. The molecule has 2 aliphatic heterocycles. The van der Waals surface area contributed by atoms with Crippen molar-refractivity contribution in [2.24, 2.45) is 5.92 Å². The van der Waals surface area contributed by atoms with Crippen LogP contribution in [0, 0.1) is 11.7 Å². The van der Waals surface area contributed by atoms with Crippen LogP contribution < -0.4 is 16.2 Å². The van der Waals surface area contributed by atoms with Crippen LogP contribution >= 0.6 is 0 Å². The van der Waals surface area contributed by atoms with Gasteiger partial charge in [-0.25, -0.2) is 9.18 Å². The minimum Gasteiger partial charge on any atom is -0.326 e. The predicted molar refractivity (Wildman–Crippen MR) is 131 cm³/mol. The maximum atomic E-state index is 13.3. The highest BCUT2D eigenvalue weighted by atomic mass is 19.1. The molecule has 7 nitrogen and oxygen atoms in total. The normalized spacial score (nSPS) is 19.4. The highest BCUT2D eigenvalue weighted by molar-refractivity contribution is 5.97. The molecule has 2 aliphatic rings. The number of halogens is 1. The summed E-state index contributed by atoms with van der Waals surface area (Å²) in [6.45, 7) is 1.61. The Morgan fingerprint density at radius 2 is 1.71 bits per heavy atom. The van der Waals surface area contributed by atoms with Gasteiger partial charge >= 0.3 is 6.03 Å². The van der Waals surface area contributed by atoms with Gasteiger partial charge in [0.25, 0.3) is 5.56 Å². The number of anilines is 1. The summed E-state index contributed by atoms with van der Waals surface area (Å²) in [5.74, 6) is -0.491. The third-order valence-corrected chi connectivity index (χ3v) is 6.78. The van der Waals surface area contributed by atoms with Crippen molar-refractivity contribution in [2.75, 3.05) is 18.4 Å². The predicted octanol–water partition coefficient (Wildman–Crippen LogP) is 3.37. The summed E-state index contributed by atoms with van der Waals surface area (Å²) in [5.41, 5.74) is 2.32. The average molecular weight is 475 g/mol. The van der Waals surface area contributed by atoms with Crippen molar-refractivity contribution in [1.82, 2.24) is 14.8 Å². The number of pyridine rings is 1. The maximum absolute atomic E-state index is 13.3. The number of rotatable bonds is 5. The van der Waals surface area contributed by atoms with E-state index < -0.39 is 11.9 Å². The molecule has 0 saturated carbocycles. The number of benzene rings is 2. The first-order valence-corrected chi connectivity index (χ1v) is 11.8. The van der Waals surface area contributed by atoms with E-state index >= 15 is 0 Å². The molecule has 180 valence electrons. The number of likely N-dealkylation sites (tertiary alicyclic amines) is 1. The van der Waals surface area contributed by atoms with Crippen LogP contribution in [0.4, 0.5) is 14.9 Å². The van der Waals surface area contributed by atoms with E-state index in [0.717, 1.165) is 17.7 Å². The fourth-order valence-corrected chi connectivity index (χ4v) is 5.12. The first-order valence-electron chi connectivity index (χ1n) is 11.8. The van der Waals surface area contributed by atoms with E-state index in [1.165, 1.54) is 24.3 Å². The molecule has 5 rings (SSSR count). The zero-order valence-corrected chi connectivity index (χ0v) is 19.2. The summed E-state index contributed by atoms with van der Waals surface area (Å²) in [6.07, 6.45) is 1.25. The van der Waals surface area contributed by atoms with Crippen molar-refractivity contribution in [1.29, 1.82) is 0 Å². The molecule has 3 heterocycles. The number of carbonyl (C=O) groups is 2. The largest absolute Gasteiger partial charge is 0.326 e. The maximum Gasteiger partial charge on any atom is 0.318 e. The van der Waals surface area contributed by atoms with Crippen molar-refractivity contribution in [3.05, 3.63) is 100 Å². The lowest BCUT2D eigenvalue weighted by atomic mass is 9.83. The van der Waals surface area contributed by atoms with Gasteiger partial charge in [-0.3, -0.25) is 9.59 Å². The highest BCUT2D eigenvalue weighted by Crippen LogP contribution is 2.34. The molecule has 8 heteroatoms. The standard InChI is InChI=1S/C27H27FN4O3/c28-21-9-11-22(12-10-21)29-26(34)23(14-18-5-2-1-3-6-18)30-27(35)31-15-19-13-20(17-31)24-7-4-8-25(33)32(24)16-19/h1-12,19-20,23H,13-17H2,(H,29,34)(H,30,35)/t19-,20+,23+/m1/s1. The summed E-state index contributed by atoms with van der Waals surface area (Å²) >= 11 is 0. The molecule has 3 aromatic rings. The second kappa shape index (κ2) is 9.74. The van der Waals surface area contributed by atoms with E-state index in [4.69, 9.17) is 0 Å². The van der Waals surface area contributed by atoms with Gasteiger partial charge in [-0.15, -0.1) is 0 Å². The first kappa shape index (κ1) is 22.8. The molecule has 1 fully saturated rings. The van der Waals surface area contributed by atoms with Gasteiger partial charge < -0.3 is 20.1 Å². The molecule has 2 N–H and O–H groups in total. The van der Waals surface area contributed by atoms with E-state index in [1.807, 2.05) is 41.0 Å². The molecule has 35 heavy (non-hydrogen) atoms. The molecule has 1 saturated heterocycles. The lowest BCUT2D eigenvalue weighted by Gasteiger charge is -2.43. The highest BCUT2D eigenvalue weighted by Gasteiger charge is 2.37. The monoisotopic (exact) mass is 474 g/mol. The molecule has 0 unspecified atom stereocenters. The summed E-state index contributed by atoms with van der Waals surface area (Å²) in [4.78, 5) is 40.5. The van der Waals surface area contributed by atoms with Crippen molar-refractivity contribution < 1.29 is 14.0 Å². The minimum atomic E-state index is -0.813. The number of aromatic nitrogens is 1. The number of fused-ring (bicyclic) bond motifs is 4. The molecule has 2 aromatic carbocycles. The van der Waals surface area contributed by atoms with E-state index in [0.29, 0.717) is 31.7 Å². The summed E-state index contributed by atoms with van der Waals surface area (Å²) in [7, 11) is 0. The van der Waals surface area contributed by atoms with Gasteiger partial charge in [0.05, 0.1) is 0 Å². The SMILES string of the molecule is O=C(Nc1ccc(F)cc1)[C@H](Cc1ccccc1)NC(=O)N1C[C@H]2C[C@@H](C1)c1cccc(=O)n1C2. The number of urea groups is 1.